The Kier molecular flexibility index (Phi) is 15.8. The zero-order chi connectivity index (χ0) is 32.7. The molecular formula is C34H32FeN2O8P. The third-order valence-corrected chi connectivity index (χ3v) is 11.0. The second-order valence-electron chi connectivity index (χ2n) is 9.92. The number of carbonyl (C=O) groups excluding carboxylic acids is 4. The number of carboxylic acids is 4. The predicted octanol–water partition coefficient (Wildman–Crippen LogP) is -3.11. The number of rotatable bonds is 15. The minimum Gasteiger partial charge on any atom is -0.549 e. The van der Waals surface area contributed by atoms with Crippen LogP contribution in [0.2, 0.25) is 0 Å². The van der Waals surface area contributed by atoms with E-state index in [-0.39, 0.29) is 30.2 Å². The molecule has 0 atom stereocenters. The monoisotopic (exact) mass is 683 g/mol. The molecular weight excluding hydrogens is 651 g/mol. The van der Waals surface area contributed by atoms with Gasteiger partial charge in [-0.1, -0.05) is 72.8 Å². The topological polar surface area (TPSA) is 167 Å². The second-order valence-corrected chi connectivity index (χ2v) is 13.3. The van der Waals surface area contributed by atoms with E-state index in [0.29, 0.717) is 0 Å². The molecule has 0 bridgehead atoms. The van der Waals surface area contributed by atoms with Gasteiger partial charge >= 0.3 is 17.1 Å². The maximum atomic E-state index is 10.4. The summed E-state index contributed by atoms with van der Waals surface area (Å²) in [5.41, 5.74) is 0. The molecule has 0 spiro atoms. The molecule has 4 aromatic carbocycles. The van der Waals surface area contributed by atoms with Crippen molar-refractivity contribution in [3.05, 3.63) is 121 Å². The molecule has 0 N–H and O–H groups in total. The Labute approximate surface area is 278 Å². The fraction of sp³-hybridized carbons (Fsp3) is 0.176. The van der Waals surface area contributed by atoms with Gasteiger partial charge in [0.25, 0.3) is 0 Å². The van der Waals surface area contributed by atoms with E-state index in [1.54, 1.807) is 0 Å². The van der Waals surface area contributed by atoms with Gasteiger partial charge in [-0.15, -0.1) is 0 Å². The van der Waals surface area contributed by atoms with E-state index < -0.39 is 57.3 Å². The van der Waals surface area contributed by atoms with Gasteiger partial charge in [-0.05, 0) is 48.5 Å². The van der Waals surface area contributed by atoms with Crippen LogP contribution in [-0.4, -0.2) is 72.9 Å². The van der Waals surface area contributed by atoms with Crippen LogP contribution < -0.4 is 41.6 Å². The van der Waals surface area contributed by atoms with Gasteiger partial charge < -0.3 is 39.6 Å². The Morgan fingerprint density at radius 3 is 0.783 bits per heavy atom. The summed E-state index contributed by atoms with van der Waals surface area (Å²) in [6.07, 6.45) is 0. The number of hydrogen-bond acceptors (Lipinski definition) is 10. The average molecular weight is 683 g/mol. The third kappa shape index (κ3) is 11.2. The molecule has 0 saturated carbocycles. The van der Waals surface area contributed by atoms with Crippen molar-refractivity contribution >= 4 is 52.4 Å². The van der Waals surface area contributed by atoms with Crippen LogP contribution in [-0.2, 0) is 36.2 Å². The smallest absolute Gasteiger partial charge is 0.549 e. The maximum absolute atomic E-state index is 10.4. The first kappa shape index (κ1) is 37.8. The standard InChI is InChI=1S/C24H20P.C10H16N2O8.Fe/c1-5-13-21(14-6-1)25(22-15-7-2-8-16-22,23-17-9-3-10-18-23)24-19-11-4-12-20-24;13-7(14)3-11(4-8(15)16)1-2-12(5-9(17)18)6-10(19)20;/h1-20H;1-6H2,(H,13,14)(H,15,16)(H,17,18)(H,19,20);/q+1;;+3/p-4. The van der Waals surface area contributed by atoms with Crippen LogP contribution in [0.1, 0.15) is 0 Å². The van der Waals surface area contributed by atoms with Gasteiger partial charge in [0.15, 0.2) is 0 Å². The van der Waals surface area contributed by atoms with Gasteiger partial charge in [0.05, 0.1) is 23.9 Å². The summed E-state index contributed by atoms with van der Waals surface area (Å²) in [7, 11) is -1.91. The zero-order valence-corrected chi connectivity index (χ0v) is 26.7. The summed E-state index contributed by atoms with van der Waals surface area (Å²) in [4.78, 5) is 43.4. The van der Waals surface area contributed by atoms with Gasteiger partial charge in [-0.2, -0.15) is 0 Å². The number of aliphatic carboxylic acids is 4. The minimum atomic E-state index is -1.91. The molecule has 239 valence electrons. The first-order valence-corrected chi connectivity index (χ1v) is 15.8. The van der Waals surface area contributed by atoms with Gasteiger partial charge in [0.1, 0.15) is 28.5 Å². The molecule has 1 radical (unpaired) electrons. The van der Waals surface area contributed by atoms with Crippen molar-refractivity contribution in [2.45, 2.75) is 0 Å². The van der Waals surface area contributed by atoms with Crippen LogP contribution >= 0.6 is 7.26 Å². The van der Waals surface area contributed by atoms with E-state index in [4.69, 9.17) is 0 Å². The van der Waals surface area contributed by atoms with Crippen LogP contribution in [0.3, 0.4) is 0 Å². The predicted molar refractivity (Wildman–Crippen MR) is 164 cm³/mol. The minimum absolute atomic E-state index is 0. The van der Waals surface area contributed by atoms with E-state index >= 15 is 0 Å². The van der Waals surface area contributed by atoms with Crippen LogP contribution in [0.15, 0.2) is 121 Å². The Bertz CT molecular complexity index is 1300. The Morgan fingerprint density at radius 1 is 0.413 bits per heavy atom. The molecule has 0 saturated heterocycles. The van der Waals surface area contributed by atoms with E-state index in [2.05, 4.69) is 121 Å². The largest absolute Gasteiger partial charge is 3.00 e. The van der Waals surface area contributed by atoms with Crippen molar-refractivity contribution in [3.63, 3.8) is 0 Å². The maximum Gasteiger partial charge on any atom is 3.00 e. The third-order valence-electron chi connectivity index (χ3n) is 6.72. The SMILES string of the molecule is O=C([O-])CN(CCN(CC(=O)[O-])CC(=O)[O-])CC(=O)[O-].[Fe+3].c1ccc([P+](c2ccccc2)(c2ccccc2)c2ccccc2)cc1. The van der Waals surface area contributed by atoms with E-state index in [0.717, 1.165) is 9.80 Å². The molecule has 0 aliphatic heterocycles. The first-order chi connectivity index (χ1) is 21.6. The van der Waals surface area contributed by atoms with Crippen molar-refractivity contribution < 1.29 is 56.7 Å². The second kappa shape index (κ2) is 19.2. The fourth-order valence-electron chi connectivity index (χ4n) is 4.94. The van der Waals surface area contributed by atoms with Crippen molar-refractivity contribution in [1.29, 1.82) is 0 Å². The molecule has 0 aromatic heterocycles. The summed E-state index contributed by atoms with van der Waals surface area (Å²) >= 11 is 0. The molecule has 0 heterocycles. The Hall–Kier alpha value is -4.37. The molecule has 0 unspecified atom stereocenters. The Balaban J connectivity index is 0.000000323. The van der Waals surface area contributed by atoms with Gasteiger partial charge in [0, 0.05) is 39.3 Å². The molecule has 4 aromatic rings. The molecule has 0 aliphatic carbocycles. The number of hydrogen-bond donors (Lipinski definition) is 0. The fourth-order valence-corrected chi connectivity index (χ4v) is 9.21. The van der Waals surface area contributed by atoms with Crippen LogP contribution in [0.5, 0.6) is 0 Å². The average Bonchev–Trinajstić information content (AvgIpc) is 3.02. The van der Waals surface area contributed by atoms with Crippen molar-refractivity contribution in [3.8, 4) is 0 Å². The molecule has 46 heavy (non-hydrogen) atoms. The van der Waals surface area contributed by atoms with Crippen molar-refractivity contribution in [1.82, 2.24) is 9.80 Å². The first-order valence-electron chi connectivity index (χ1n) is 14.0. The zero-order valence-electron chi connectivity index (χ0n) is 24.8. The summed E-state index contributed by atoms with van der Waals surface area (Å²) < 4.78 is 0. The van der Waals surface area contributed by atoms with Gasteiger partial charge in [0.2, 0.25) is 0 Å². The summed E-state index contributed by atoms with van der Waals surface area (Å²) in [5.74, 6) is -6.12. The van der Waals surface area contributed by atoms with Crippen molar-refractivity contribution in [2.75, 3.05) is 39.3 Å². The normalized spacial score (nSPS) is 10.7. The molecule has 10 nitrogen and oxygen atoms in total. The van der Waals surface area contributed by atoms with E-state index in [1.165, 1.54) is 21.2 Å². The van der Waals surface area contributed by atoms with E-state index in [1.807, 2.05) is 0 Å². The number of carboxylic acid groups (broad SMARTS) is 4. The van der Waals surface area contributed by atoms with Crippen molar-refractivity contribution in [2.24, 2.45) is 0 Å². The van der Waals surface area contributed by atoms with Gasteiger partial charge in [-0.25, -0.2) is 0 Å². The van der Waals surface area contributed by atoms with E-state index in [9.17, 15) is 39.6 Å². The van der Waals surface area contributed by atoms with Crippen LogP contribution in [0.4, 0.5) is 0 Å². The number of nitrogens with zero attached hydrogens (tertiary/aromatic N) is 2. The molecule has 12 heteroatoms. The number of carbonyl (C=O) groups is 4. The summed E-state index contributed by atoms with van der Waals surface area (Å²) in [6, 6.07) is 43.8. The van der Waals surface area contributed by atoms with Gasteiger partial charge in [-0.3, -0.25) is 9.80 Å². The Morgan fingerprint density at radius 2 is 0.609 bits per heavy atom. The van der Waals surface area contributed by atoms with Crippen LogP contribution in [0, 0.1) is 0 Å². The molecule has 4 rings (SSSR count). The molecule has 0 fully saturated rings. The quantitative estimate of drug-likeness (QED) is 0.0925. The summed E-state index contributed by atoms with van der Waals surface area (Å²) in [6.45, 7) is -3.25. The molecule has 0 aliphatic rings. The van der Waals surface area contributed by atoms with Crippen LogP contribution in [0.25, 0.3) is 0 Å². The summed E-state index contributed by atoms with van der Waals surface area (Å²) in [5, 5.41) is 47.2. The number of benzene rings is 4. The molecule has 0 amide bonds.